The van der Waals surface area contributed by atoms with Gasteiger partial charge in [0.1, 0.15) is 0 Å². The highest BCUT2D eigenvalue weighted by Crippen LogP contribution is 2.35. The number of likely N-dealkylation sites (tertiary alicyclic amines) is 2. The molecule has 0 spiro atoms. The third-order valence-corrected chi connectivity index (χ3v) is 5.16. The second-order valence-corrected chi connectivity index (χ2v) is 7.40. The SMILES string of the molecule is CC(C)C[C@H]1C(CC(C)C[C@@H]2CCN2C)CN1C. The Morgan fingerprint density at radius 2 is 1.72 bits per heavy atom. The van der Waals surface area contributed by atoms with E-state index in [9.17, 15) is 0 Å². The number of hydrogen-bond donors (Lipinski definition) is 0. The van der Waals surface area contributed by atoms with Gasteiger partial charge in [0, 0.05) is 18.6 Å². The Hall–Kier alpha value is -0.0800. The Bertz CT molecular complexity index is 264. The van der Waals surface area contributed by atoms with Crippen LogP contribution in [0.2, 0.25) is 0 Å². The van der Waals surface area contributed by atoms with Crippen LogP contribution in [-0.4, -0.2) is 49.1 Å². The van der Waals surface area contributed by atoms with Crippen molar-refractivity contribution in [2.75, 3.05) is 27.2 Å². The minimum Gasteiger partial charge on any atom is -0.303 e. The molecule has 2 fully saturated rings. The third-order valence-electron chi connectivity index (χ3n) is 5.16. The van der Waals surface area contributed by atoms with Crippen molar-refractivity contribution in [2.24, 2.45) is 17.8 Å². The van der Waals surface area contributed by atoms with Crippen LogP contribution >= 0.6 is 0 Å². The second-order valence-electron chi connectivity index (χ2n) is 7.40. The summed E-state index contributed by atoms with van der Waals surface area (Å²) in [5.74, 6) is 2.72. The molecule has 0 aromatic rings. The molecule has 4 atom stereocenters. The predicted octanol–water partition coefficient (Wildman–Crippen LogP) is 3.08. The zero-order valence-electron chi connectivity index (χ0n) is 13.0. The normalized spacial score (nSPS) is 35.3. The lowest BCUT2D eigenvalue weighted by atomic mass is 9.76. The molecule has 2 heterocycles. The van der Waals surface area contributed by atoms with Gasteiger partial charge in [-0.25, -0.2) is 0 Å². The van der Waals surface area contributed by atoms with Gasteiger partial charge in [0.2, 0.25) is 0 Å². The first-order valence-electron chi connectivity index (χ1n) is 7.87. The predicted molar refractivity (Wildman–Crippen MR) is 78.8 cm³/mol. The van der Waals surface area contributed by atoms with Gasteiger partial charge in [0.15, 0.2) is 0 Å². The Balaban J connectivity index is 1.71. The highest BCUT2D eigenvalue weighted by molar-refractivity contribution is 4.92. The molecule has 2 saturated heterocycles. The average molecular weight is 252 g/mol. The van der Waals surface area contributed by atoms with Crippen molar-refractivity contribution in [3.05, 3.63) is 0 Å². The standard InChI is InChI=1S/C16H32N2/c1-12(2)8-16-14(11-18(16)5)9-13(3)10-15-6-7-17(15)4/h12-16H,6-11H2,1-5H3/t13?,14?,15-,16-/m0/s1. The van der Waals surface area contributed by atoms with Crippen LogP contribution in [0.4, 0.5) is 0 Å². The van der Waals surface area contributed by atoms with Crippen molar-refractivity contribution in [3.8, 4) is 0 Å². The average Bonchev–Trinajstić information content (AvgIpc) is 2.31. The van der Waals surface area contributed by atoms with E-state index < -0.39 is 0 Å². The van der Waals surface area contributed by atoms with Crippen molar-refractivity contribution < 1.29 is 0 Å². The molecule has 0 amide bonds. The number of nitrogens with zero attached hydrogens (tertiary/aromatic N) is 2. The van der Waals surface area contributed by atoms with E-state index >= 15 is 0 Å². The maximum absolute atomic E-state index is 2.56. The summed E-state index contributed by atoms with van der Waals surface area (Å²) in [7, 11) is 4.58. The van der Waals surface area contributed by atoms with E-state index in [1.54, 1.807) is 0 Å². The van der Waals surface area contributed by atoms with E-state index in [4.69, 9.17) is 0 Å². The van der Waals surface area contributed by atoms with Gasteiger partial charge in [-0.3, -0.25) is 0 Å². The summed E-state index contributed by atoms with van der Waals surface area (Å²) >= 11 is 0. The summed E-state index contributed by atoms with van der Waals surface area (Å²) in [6.45, 7) is 9.84. The van der Waals surface area contributed by atoms with Crippen LogP contribution in [0.1, 0.15) is 46.5 Å². The van der Waals surface area contributed by atoms with Crippen molar-refractivity contribution in [1.82, 2.24) is 9.80 Å². The minimum absolute atomic E-state index is 0.841. The molecule has 2 nitrogen and oxygen atoms in total. The number of rotatable bonds is 6. The number of hydrogen-bond acceptors (Lipinski definition) is 2. The zero-order valence-corrected chi connectivity index (χ0v) is 13.0. The summed E-state index contributed by atoms with van der Waals surface area (Å²) in [6.07, 6.45) is 5.69. The van der Waals surface area contributed by atoms with Gasteiger partial charge < -0.3 is 9.80 Å². The third kappa shape index (κ3) is 3.27. The Morgan fingerprint density at radius 1 is 1.00 bits per heavy atom. The van der Waals surface area contributed by atoms with Gasteiger partial charge in [-0.1, -0.05) is 20.8 Å². The molecule has 2 unspecified atom stereocenters. The molecule has 0 aromatic heterocycles. The van der Waals surface area contributed by atoms with Gasteiger partial charge in [-0.2, -0.15) is 0 Å². The molecule has 0 saturated carbocycles. The molecule has 0 aliphatic carbocycles. The van der Waals surface area contributed by atoms with Crippen LogP contribution in [0.3, 0.4) is 0 Å². The topological polar surface area (TPSA) is 6.48 Å². The van der Waals surface area contributed by atoms with Gasteiger partial charge in [-0.05, 0) is 64.1 Å². The lowest BCUT2D eigenvalue weighted by molar-refractivity contribution is 0.00710. The second kappa shape index (κ2) is 5.92. The zero-order chi connectivity index (χ0) is 13.3. The molecule has 2 aliphatic rings. The molecule has 2 rings (SSSR count). The van der Waals surface area contributed by atoms with Crippen molar-refractivity contribution >= 4 is 0 Å². The molecular weight excluding hydrogens is 220 g/mol. The lowest BCUT2D eigenvalue weighted by Gasteiger charge is -2.49. The van der Waals surface area contributed by atoms with Gasteiger partial charge in [0.25, 0.3) is 0 Å². The molecule has 2 heteroatoms. The summed E-state index contributed by atoms with van der Waals surface area (Å²) < 4.78 is 0. The van der Waals surface area contributed by atoms with Crippen LogP contribution in [-0.2, 0) is 0 Å². The van der Waals surface area contributed by atoms with E-state index in [2.05, 4.69) is 44.7 Å². The monoisotopic (exact) mass is 252 g/mol. The van der Waals surface area contributed by atoms with Crippen molar-refractivity contribution in [2.45, 2.75) is 58.5 Å². The summed E-state index contributed by atoms with van der Waals surface area (Å²) in [4.78, 5) is 5.09. The molecule has 18 heavy (non-hydrogen) atoms. The first-order chi connectivity index (χ1) is 8.47. The molecule has 0 radical (unpaired) electrons. The largest absolute Gasteiger partial charge is 0.303 e. The molecular formula is C16H32N2. The van der Waals surface area contributed by atoms with Crippen molar-refractivity contribution in [3.63, 3.8) is 0 Å². The van der Waals surface area contributed by atoms with Crippen LogP contribution in [0.15, 0.2) is 0 Å². The van der Waals surface area contributed by atoms with Crippen LogP contribution in [0.25, 0.3) is 0 Å². The Morgan fingerprint density at radius 3 is 2.17 bits per heavy atom. The summed E-state index contributed by atoms with van der Waals surface area (Å²) in [5.41, 5.74) is 0. The Labute approximate surface area is 114 Å². The summed E-state index contributed by atoms with van der Waals surface area (Å²) in [5, 5.41) is 0. The van der Waals surface area contributed by atoms with E-state index in [1.807, 2.05) is 0 Å². The fourth-order valence-corrected chi connectivity index (χ4v) is 3.88. The van der Waals surface area contributed by atoms with E-state index in [-0.39, 0.29) is 0 Å². The first kappa shape index (κ1) is 14.3. The van der Waals surface area contributed by atoms with E-state index in [1.165, 1.54) is 38.8 Å². The van der Waals surface area contributed by atoms with Crippen molar-refractivity contribution in [1.29, 1.82) is 0 Å². The molecule has 0 N–H and O–H groups in total. The quantitative estimate of drug-likeness (QED) is 0.717. The molecule has 2 aliphatic heterocycles. The fourth-order valence-electron chi connectivity index (χ4n) is 3.88. The highest BCUT2D eigenvalue weighted by Gasteiger charge is 2.37. The van der Waals surface area contributed by atoms with Crippen LogP contribution in [0.5, 0.6) is 0 Å². The highest BCUT2D eigenvalue weighted by atomic mass is 15.2. The maximum atomic E-state index is 2.56. The van der Waals surface area contributed by atoms with Gasteiger partial charge in [0.05, 0.1) is 0 Å². The lowest BCUT2D eigenvalue weighted by Crippen LogP contribution is -2.55. The Kier molecular flexibility index (Phi) is 4.71. The van der Waals surface area contributed by atoms with Gasteiger partial charge in [-0.15, -0.1) is 0 Å². The van der Waals surface area contributed by atoms with E-state index in [0.29, 0.717) is 0 Å². The van der Waals surface area contributed by atoms with E-state index in [0.717, 1.165) is 29.8 Å². The molecule has 106 valence electrons. The first-order valence-corrected chi connectivity index (χ1v) is 7.87. The van der Waals surface area contributed by atoms with Crippen LogP contribution < -0.4 is 0 Å². The summed E-state index contributed by atoms with van der Waals surface area (Å²) in [6, 6.07) is 1.76. The van der Waals surface area contributed by atoms with Gasteiger partial charge >= 0.3 is 0 Å². The fraction of sp³-hybridized carbons (Fsp3) is 1.00. The smallest absolute Gasteiger partial charge is 0.0135 e. The molecule has 0 aromatic carbocycles. The van der Waals surface area contributed by atoms with Crippen LogP contribution in [0, 0.1) is 17.8 Å². The minimum atomic E-state index is 0.841. The molecule has 0 bridgehead atoms. The maximum Gasteiger partial charge on any atom is 0.0135 e.